The van der Waals surface area contributed by atoms with Gasteiger partial charge in [-0.25, -0.2) is 0 Å². The van der Waals surface area contributed by atoms with E-state index in [-0.39, 0.29) is 12.5 Å². The van der Waals surface area contributed by atoms with Crippen LogP contribution in [0.5, 0.6) is 5.75 Å². The van der Waals surface area contributed by atoms with Crippen molar-refractivity contribution < 1.29 is 14.3 Å². The molecule has 5 nitrogen and oxygen atoms in total. The molecule has 0 unspecified atom stereocenters. The first kappa shape index (κ1) is 17.8. The smallest absolute Gasteiger partial charge is 0.258 e. The molecule has 0 radical (unpaired) electrons. The van der Waals surface area contributed by atoms with E-state index in [9.17, 15) is 9.59 Å². The average Bonchev–Trinajstić information content (AvgIpc) is 2.58. The predicted octanol–water partition coefficient (Wildman–Crippen LogP) is 3.26. The molecule has 0 aliphatic carbocycles. The zero-order chi connectivity index (χ0) is 17.5. The second kappa shape index (κ2) is 8.36. The summed E-state index contributed by atoms with van der Waals surface area (Å²) in [5.41, 5.74) is 6.31. The molecule has 2 aromatic rings. The van der Waals surface area contributed by atoms with E-state index >= 15 is 0 Å². The lowest BCUT2D eigenvalue weighted by Crippen LogP contribution is -2.31. The van der Waals surface area contributed by atoms with Gasteiger partial charge in [0, 0.05) is 22.8 Å². The van der Waals surface area contributed by atoms with E-state index in [4.69, 9.17) is 22.1 Å². The Balaban J connectivity index is 2.24. The zero-order valence-corrected chi connectivity index (χ0v) is 14.1. The zero-order valence-electron chi connectivity index (χ0n) is 13.4. The molecule has 0 spiro atoms. The summed E-state index contributed by atoms with van der Waals surface area (Å²) < 4.78 is 5.26. The third-order valence-electron chi connectivity index (χ3n) is 3.29. The third-order valence-corrected chi connectivity index (χ3v) is 3.54. The van der Waals surface area contributed by atoms with Crippen molar-refractivity contribution in [2.75, 3.05) is 18.1 Å². The Hall–Kier alpha value is -2.53. The van der Waals surface area contributed by atoms with Crippen LogP contribution in [0.2, 0.25) is 5.02 Å². The predicted molar refractivity (Wildman–Crippen MR) is 94.6 cm³/mol. The van der Waals surface area contributed by atoms with Crippen LogP contribution in [0.25, 0.3) is 0 Å². The van der Waals surface area contributed by atoms with E-state index in [1.807, 2.05) is 19.1 Å². The number of amides is 2. The Kier molecular flexibility index (Phi) is 6.21. The molecule has 0 aromatic heterocycles. The van der Waals surface area contributed by atoms with Crippen LogP contribution in [0.15, 0.2) is 48.5 Å². The molecule has 0 saturated heterocycles. The fraction of sp³-hybridized carbons (Fsp3) is 0.222. The monoisotopic (exact) mass is 346 g/mol. The molecule has 0 saturated carbocycles. The van der Waals surface area contributed by atoms with Gasteiger partial charge in [0.25, 0.3) is 11.8 Å². The van der Waals surface area contributed by atoms with Gasteiger partial charge in [0.1, 0.15) is 5.75 Å². The maximum absolute atomic E-state index is 12.9. The first-order valence-corrected chi connectivity index (χ1v) is 7.97. The minimum atomic E-state index is -0.569. The molecule has 0 atom stereocenters. The molecule has 24 heavy (non-hydrogen) atoms. The number of hydrogen-bond acceptors (Lipinski definition) is 3. The second-order valence-electron chi connectivity index (χ2n) is 5.22. The van der Waals surface area contributed by atoms with Crippen molar-refractivity contribution in [3.8, 4) is 5.75 Å². The van der Waals surface area contributed by atoms with Gasteiger partial charge in [-0.05, 0) is 48.9 Å². The lowest BCUT2D eigenvalue weighted by molar-refractivity contribution is -0.119. The molecule has 0 fully saturated rings. The van der Waals surface area contributed by atoms with Crippen LogP contribution in [0.3, 0.4) is 0 Å². The second-order valence-corrected chi connectivity index (χ2v) is 5.65. The minimum Gasteiger partial charge on any atom is -0.484 e. The van der Waals surface area contributed by atoms with Gasteiger partial charge in [-0.2, -0.15) is 0 Å². The molecule has 0 aliphatic rings. The van der Waals surface area contributed by atoms with Crippen LogP contribution >= 0.6 is 11.6 Å². The number of halogens is 1. The largest absolute Gasteiger partial charge is 0.484 e. The number of hydrogen-bond donors (Lipinski definition) is 1. The molecule has 126 valence electrons. The van der Waals surface area contributed by atoms with Crippen LogP contribution in [0.4, 0.5) is 5.69 Å². The van der Waals surface area contributed by atoms with Gasteiger partial charge in [0.15, 0.2) is 6.61 Å². The topological polar surface area (TPSA) is 72.6 Å². The maximum Gasteiger partial charge on any atom is 0.258 e. The molecule has 0 bridgehead atoms. The van der Waals surface area contributed by atoms with Crippen LogP contribution in [-0.4, -0.2) is 25.0 Å². The van der Waals surface area contributed by atoms with Crippen molar-refractivity contribution in [1.29, 1.82) is 0 Å². The lowest BCUT2D eigenvalue weighted by atomic mass is 10.1. The fourth-order valence-electron chi connectivity index (χ4n) is 2.22. The van der Waals surface area contributed by atoms with E-state index in [1.54, 1.807) is 41.3 Å². The van der Waals surface area contributed by atoms with Crippen molar-refractivity contribution >= 4 is 29.1 Å². The van der Waals surface area contributed by atoms with Gasteiger partial charge in [0.2, 0.25) is 0 Å². The van der Waals surface area contributed by atoms with E-state index in [0.29, 0.717) is 22.9 Å². The van der Waals surface area contributed by atoms with Gasteiger partial charge in [0.05, 0.1) is 0 Å². The fourth-order valence-corrected chi connectivity index (χ4v) is 2.35. The Morgan fingerprint density at radius 1 is 1.17 bits per heavy atom. The number of rotatable bonds is 7. The van der Waals surface area contributed by atoms with Crippen molar-refractivity contribution in [2.24, 2.45) is 5.73 Å². The number of primary amides is 1. The Morgan fingerprint density at radius 3 is 2.50 bits per heavy atom. The molecule has 6 heteroatoms. The summed E-state index contributed by atoms with van der Waals surface area (Å²) in [6.07, 6.45) is 0.812. The Morgan fingerprint density at radius 2 is 1.88 bits per heavy atom. The summed E-state index contributed by atoms with van der Waals surface area (Å²) in [5, 5.41) is 0.615. The van der Waals surface area contributed by atoms with Gasteiger partial charge < -0.3 is 15.4 Å². The first-order valence-electron chi connectivity index (χ1n) is 7.60. The number of ether oxygens (including phenoxy) is 1. The number of nitrogens with two attached hydrogens (primary N) is 1. The van der Waals surface area contributed by atoms with Crippen LogP contribution in [0.1, 0.15) is 23.7 Å². The summed E-state index contributed by atoms with van der Waals surface area (Å²) in [6, 6.07) is 13.8. The highest BCUT2D eigenvalue weighted by Crippen LogP contribution is 2.22. The molecular weight excluding hydrogens is 328 g/mol. The summed E-state index contributed by atoms with van der Waals surface area (Å²) in [4.78, 5) is 25.3. The molecule has 2 N–H and O–H groups in total. The molecule has 2 aromatic carbocycles. The number of carbonyl (C=O) groups is 2. The van der Waals surface area contributed by atoms with Crippen LogP contribution in [-0.2, 0) is 4.79 Å². The molecule has 0 aliphatic heterocycles. The number of nitrogens with zero attached hydrogens (tertiary/aromatic N) is 1. The SMILES string of the molecule is CCCN(C(=O)c1cccc(OCC(N)=O)c1)c1ccc(Cl)cc1. The van der Waals surface area contributed by atoms with Gasteiger partial charge in [-0.3, -0.25) is 9.59 Å². The summed E-state index contributed by atoms with van der Waals surface area (Å²) >= 11 is 5.91. The Bertz CT molecular complexity index is 716. The van der Waals surface area contributed by atoms with Gasteiger partial charge in [-0.15, -0.1) is 0 Å². The molecule has 2 amide bonds. The highest BCUT2D eigenvalue weighted by atomic mass is 35.5. The average molecular weight is 347 g/mol. The highest BCUT2D eigenvalue weighted by Gasteiger charge is 2.17. The summed E-state index contributed by atoms with van der Waals surface area (Å²) in [6.45, 7) is 2.35. The number of benzene rings is 2. The normalized spacial score (nSPS) is 10.2. The minimum absolute atomic E-state index is 0.149. The first-order chi connectivity index (χ1) is 11.5. The summed E-state index contributed by atoms with van der Waals surface area (Å²) in [5.74, 6) is -0.295. The van der Waals surface area contributed by atoms with Crippen LogP contribution < -0.4 is 15.4 Å². The third kappa shape index (κ3) is 4.73. The lowest BCUT2D eigenvalue weighted by Gasteiger charge is -2.22. The van der Waals surface area contributed by atoms with E-state index in [2.05, 4.69) is 0 Å². The number of carbonyl (C=O) groups excluding carboxylic acids is 2. The maximum atomic E-state index is 12.9. The highest BCUT2D eigenvalue weighted by molar-refractivity contribution is 6.30. The van der Waals surface area contributed by atoms with E-state index in [1.165, 1.54) is 0 Å². The van der Waals surface area contributed by atoms with Crippen molar-refractivity contribution in [1.82, 2.24) is 0 Å². The van der Waals surface area contributed by atoms with Crippen molar-refractivity contribution in [3.05, 3.63) is 59.1 Å². The van der Waals surface area contributed by atoms with Gasteiger partial charge in [-0.1, -0.05) is 24.6 Å². The summed E-state index contributed by atoms with van der Waals surface area (Å²) in [7, 11) is 0. The van der Waals surface area contributed by atoms with Gasteiger partial charge >= 0.3 is 0 Å². The van der Waals surface area contributed by atoms with Crippen molar-refractivity contribution in [3.63, 3.8) is 0 Å². The number of anilines is 1. The Labute approximate surface area is 146 Å². The van der Waals surface area contributed by atoms with E-state index in [0.717, 1.165) is 12.1 Å². The van der Waals surface area contributed by atoms with E-state index < -0.39 is 5.91 Å². The molecule has 0 heterocycles. The quantitative estimate of drug-likeness (QED) is 0.836. The molecule has 2 rings (SSSR count). The van der Waals surface area contributed by atoms with Crippen LogP contribution in [0, 0.1) is 0 Å². The van der Waals surface area contributed by atoms with Crippen molar-refractivity contribution in [2.45, 2.75) is 13.3 Å². The standard InChI is InChI=1S/C18H19ClN2O3/c1-2-10-21(15-8-6-14(19)7-9-15)18(23)13-4-3-5-16(11-13)24-12-17(20)22/h3-9,11H,2,10,12H2,1H3,(H2,20,22). The molecular formula is C18H19ClN2O3.